The van der Waals surface area contributed by atoms with Gasteiger partial charge in [-0.3, -0.25) is 4.79 Å². The monoisotopic (exact) mass is 285 g/mol. The van der Waals surface area contributed by atoms with Gasteiger partial charge in [-0.25, -0.2) is 8.78 Å². The first-order chi connectivity index (χ1) is 7.63. The molecule has 0 N–H and O–H groups in total. The van der Waals surface area contributed by atoms with Crippen LogP contribution in [0.3, 0.4) is 0 Å². The minimum Gasteiger partial charge on any atom is -0.311 e. The maximum atomic E-state index is 13.6. The molecule has 2 aromatic rings. The third-order valence-corrected chi connectivity index (χ3v) is 2.76. The predicted octanol–water partition coefficient (Wildman–Crippen LogP) is 3.33. The van der Waals surface area contributed by atoms with Crippen molar-refractivity contribution in [1.29, 1.82) is 0 Å². The molecule has 1 heterocycles. The Morgan fingerprint density at radius 2 is 2.00 bits per heavy atom. The lowest BCUT2D eigenvalue weighted by Crippen LogP contribution is -2.01. The van der Waals surface area contributed by atoms with Gasteiger partial charge in [0, 0.05) is 12.3 Å². The van der Waals surface area contributed by atoms with Gasteiger partial charge in [-0.1, -0.05) is 0 Å². The Bertz CT molecular complexity index is 551. The van der Waals surface area contributed by atoms with Gasteiger partial charge in [0.1, 0.15) is 11.6 Å². The van der Waals surface area contributed by atoms with Crippen LogP contribution in [0.2, 0.25) is 0 Å². The van der Waals surface area contributed by atoms with Crippen molar-refractivity contribution in [2.24, 2.45) is 0 Å². The van der Waals surface area contributed by atoms with Gasteiger partial charge in [-0.2, -0.15) is 0 Å². The number of halogens is 3. The van der Waals surface area contributed by atoms with Crippen LogP contribution >= 0.6 is 15.9 Å². The van der Waals surface area contributed by atoms with E-state index in [4.69, 9.17) is 0 Å². The predicted molar refractivity (Wildman–Crippen MR) is 58.8 cm³/mol. The van der Waals surface area contributed by atoms with Crippen LogP contribution in [-0.2, 0) is 0 Å². The summed E-state index contributed by atoms with van der Waals surface area (Å²) in [5.41, 5.74) is 0.272. The molecule has 0 aliphatic carbocycles. The minimum atomic E-state index is -0.604. The lowest BCUT2D eigenvalue weighted by Gasteiger charge is -2.07. The fraction of sp³-hybridized carbons (Fsp3) is 0. The van der Waals surface area contributed by atoms with Gasteiger partial charge in [0.15, 0.2) is 6.29 Å². The van der Waals surface area contributed by atoms with E-state index in [1.807, 2.05) is 0 Å². The summed E-state index contributed by atoms with van der Waals surface area (Å²) >= 11 is 2.89. The van der Waals surface area contributed by atoms with E-state index >= 15 is 0 Å². The van der Waals surface area contributed by atoms with Gasteiger partial charge in [-0.15, -0.1) is 0 Å². The van der Waals surface area contributed by atoms with Crippen molar-refractivity contribution in [3.63, 3.8) is 0 Å². The second-order valence-electron chi connectivity index (χ2n) is 3.14. The standard InChI is InChI=1S/C11H6BrF2NO/c12-8-4-10(14)11(5-9(8)13)15-3-1-2-7(15)6-16/h1-6H. The highest BCUT2D eigenvalue weighted by molar-refractivity contribution is 9.10. The van der Waals surface area contributed by atoms with Crippen LogP contribution in [0, 0.1) is 11.6 Å². The normalized spacial score (nSPS) is 10.4. The van der Waals surface area contributed by atoms with Crippen LogP contribution in [0.4, 0.5) is 8.78 Å². The highest BCUT2D eigenvalue weighted by Gasteiger charge is 2.11. The zero-order chi connectivity index (χ0) is 11.7. The minimum absolute atomic E-state index is 0.00722. The fourth-order valence-corrected chi connectivity index (χ4v) is 1.72. The van der Waals surface area contributed by atoms with Crippen molar-refractivity contribution in [2.45, 2.75) is 0 Å². The summed E-state index contributed by atoms with van der Waals surface area (Å²) in [6, 6.07) is 5.17. The molecule has 0 bridgehead atoms. The van der Waals surface area contributed by atoms with Crippen LogP contribution in [0.25, 0.3) is 5.69 Å². The van der Waals surface area contributed by atoms with Crippen molar-refractivity contribution >= 4 is 22.2 Å². The van der Waals surface area contributed by atoms with Crippen LogP contribution in [0.5, 0.6) is 0 Å². The van der Waals surface area contributed by atoms with Gasteiger partial charge in [-0.05, 0) is 34.1 Å². The molecule has 0 saturated heterocycles. The van der Waals surface area contributed by atoms with Crippen molar-refractivity contribution in [3.05, 3.63) is 52.3 Å². The molecule has 0 atom stereocenters. The second-order valence-corrected chi connectivity index (χ2v) is 3.99. The molecule has 82 valence electrons. The van der Waals surface area contributed by atoms with E-state index in [1.54, 1.807) is 6.07 Å². The topological polar surface area (TPSA) is 22.0 Å². The van der Waals surface area contributed by atoms with E-state index in [0.717, 1.165) is 12.1 Å². The van der Waals surface area contributed by atoms with Crippen LogP contribution < -0.4 is 0 Å². The summed E-state index contributed by atoms with van der Waals surface area (Å²) in [5, 5.41) is 0. The third kappa shape index (κ3) is 1.78. The molecule has 16 heavy (non-hydrogen) atoms. The van der Waals surface area contributed by atoms with Gasteiger partial charge >= 0.3 is 0 Å². The number of carbonyl (C=O) groups excluding carboxylic acids is 1. The van der Waals surface area contributed by atoms with Gasteiger partial charge in [0.05, 0.1) is 15.9 Å². The van der Waals surface area contributed by atoms with Crippen molar-refractivity contribution in [2.75, 3.05) is 0 Å². The molecule has 0 amide bonds. The number of aldehydes is 1. The molecular formula is C11H6BrF2NO. The maximum Gasteiger partial charge on any atom is 0.166 e. The maximum absolute atomic E-state index is 13.6. The summed E-state index contributed by atoms with van der Waals surface area (Å²) in [7, 11) is 0. The van der Waals surface area contributed by atoms with Gasteiger partial charge in [0.25, 0.3) is 0 Å². The van der Waals surface area contributed by atoms with E-state index < -0.39 is 11.6 Å². The molecule has 1 aromatic heterocycles. The first-order valence-corrected chi connectivity index (χ1v) is 5.20. The van der Waals surface area contributed by atoms with Gasteiger partial charge < -0.3 is 4.57 Å². The number of hydrogen-bond donors (Lipinski definition) is 0. The van der Waals surface area contributed by atoms with E-state index in [1.165, 1.54) is 16.8 Å². The first-order valence-electron chi connectivity index (χ1n) is 4.41. The molecule has 0 unspecified atom stereocenters. The summed E-state index contributed by atoms with van der Waals surface area (Å²) in [4.78, 5) is 10.7. The molecule has 1 aromatic carbocycles. The van der Waals surface area contributed by atoms with Gasteiger partial charge in [0.2, 0.25) is 0 Å². The van der Waals surface area contributed by atoms with E-state index in [9.17, 15) is 13.6 Å². The molecule has 0 radical (unpaired) electrons. The Morgan fingerprint density at radius 3 is 2.69 bits per heavy atom. The summed E-state index contributed by atoms with van der Waals surface area (Å²) in [6.07, 6.45) is 2.08. The molecular weight excluding hydrogens is 280 g/mol. The first kappa shape index (κ1) is 11.0. The number of aromatic nitrogens is 1. The van der Waals surface area contributed by atoms with E-state index in [2.05, 4.69) is 15.9 Å². The lowest BCUT2D eigenvalue weighted by molar-refractivity contribution is 0.111. The molecule has 5 heteroatoms. The number of nitrogens with zero attached hydrogens (tertiary/aromatic N) is 1. The molecule has 0 aliphatic heterocycles. The van der Waals surface area contributed by atoms with E-state index in [0.29, 0.717) is 6.29 Å². The Hall–Kier alpha value is -1.49. The quantitative estimate of drug-likeness (QED) is 0.613. The molecule has 2 nitrogen and oxygen atoms in total. The van der Waals surface area contributed by atoms with Crippen LogP contribution in [0.1, 0.15) is 10.5 Å². The summed E-state index contributed by atoms with van der Waals surface area (Å²) in [5.74, 6) is -1.19. The molecule has 0 spiro atoms. The van der Waals surface area contributed by atoms with Crippen molar-refractivity contribution in [3.8, 4) is 5.69 Å². The molecule has 0 saturated carbocycles. The zero-order valence-electron chi connectivity index (χ0n) is 7.95. The van der Waals surface area contributed by atoms with Crippen molar-refractivity contribution < 1.29 is 13.6 Å². The summed E-state index contributed by atoms with van der Waals surface area (Å²) in [6.45, 7) is 0. The third-order valence-electron chi connectivity index (χ3n) is 2.15. The number of benzene rings is 1. The Kier molecular flexibility index (Phi) is 2.87. The Balaban J connectivity index is 2.64. The molecule has 2 rings (SSSR count). The smallest absolute Gasteiger partial charge is 0.166 e. The molecule has 0 fully saturated rings. The summed E-state index contributed by atoms with van der Waals surface area (Å²) < 4.78 is 28.2. The Morgan fingerprint density at radius 1 is 1.25 bits per heavy atom. The average Bonchev–Trinajstić information content (AvgIpc) is 2.71. The van der Waals surface area contributed by atoms with E-state index in [-0.39, 0.29) is 15.9 Å². The lowest BCUT2D eigenvalue weighted by atomic mass is 10.3. The number of hydrogen-bond acceptors (Lipinski definition) is 1. The SMILES string of the molecule is O=Cc1cccn1-c1cc(F)c(Br)cc1F. The number of carbonyl (C=O) groups is 1. The fourth-order valence-electron chi connectivity index (χ4n) is 1.41. The Labute approximate surface area is 98.6 Å². The zero-order valence-corrected chi connectivity index (χ0v) is 9.54. The van der Waals surface area contributed by atoms with Crippen LogP contribution in [-0.4, -0.2) is 10.9 Å². The largest absolute Gasteiger partial charge is 0.311 e. The van der Waals surface area contributed by atoms with Crippen LogP contribution in [0.15, 0.2) is 34.9 Å². The highest BCUT2D eigenvalue weighted by Crippen LogP contribution is 2.23. The number of rotatable bonds is 2. The highest BCUT2D eigenvalue weighted by atomic mass is 79.9. The second kappa shape index (κ2) is 4.17. The molecule has 0 aliphatic rings. The average molecular weight is 286 g/mol. The van der Waals surface area contributed by atoms with Crippen molar-refractivity contribution in [1.82, 2.24) is 4.57 Å².